The third-order valence-electron chi connectivity index (χ3n) is 4.41. The minimum Gasteiger partial charge on any atom is -0.384 e. The summed E-state index contributed by atoms with van der Waals surface area (Å²) in [5.74, 6) is 0.139. The molecule has 0 atom stereocenters. The van der Waals surface area contributed by atoms with Gasteiger partial charge in [0.2, 0.25) is 0 Å². The number of nitrogens with zero attached hydrogens (tertiary/aromatic N) is 1. The second-order valence-corrected chi connectivity index (χ2v) is 6.64. The fourth-order valence-electron chi connectivity index (χ4n) is 2.64. The van der Waals surface area contributed by atoms with Crippen LogP contribution in [0.4, 0.5) is 5.69 Å². The fourth-order valence-corrected chi connectivity index (χ4v) is 3.00. The van der Waals surface area contributed by atoms with E-state index in [0.29, 0.717) is 5.41 Å². The number of rotatable bonds is 3. The lowest BCUT2D eigenvalue weighted by molar-refractivity contribution is 0.238. The van der Waals surface area contributed by atoms with Crippen LogP contribution in [0.1, 0.15) is 38.7 Å². The average molecular weight is 324 g/mol. The molecule has 1 aliphatic heterocycles. The molecule has 1 aliphatic rings. The topological polar surface area (TPSA) is 53.1 Å². The standard InChI is InChI=1S/C15H22BrN3/c1-3-15(2)6-8-19(9-7-15)13-5-4-11(16)10-12(13)14(17)18/h4-5,10H,3,6-9H2,1-2H3,(H3,17,18). The van der Waals surface area contributed by atoms with Crippen LogP contribution in [-0.2, 0) is 0 Å². The second kappa shape index (κ2) is 5.53. The Bertz CT molecular complexity index is 476. The quantitative estimate of drug-likeness (QED) is 0.657. The molecule has 3 N–H and O–H groups in total. The first-order valence-electron chi connectivity index (χ1n) is 6.84. The number of anilines is 1. The molecular formula is C15H22BrN3. The second-order valence-electron chi connectivity index (χ2n) is 5.73. The molecule has 104 valence electrons. The van der Waals surface area contributed by atoms with Gasteiger partial charge in [-0.2, -0.15) is 0 Å². The molecule has 1 heterocycles. The van der Waals surface area contributed by atoms with Gasteiger partial charge in [-0.3, -0.25) is 5.41 Å². The summed E-state index contributed by atoms with van der Waals surface area (Å²) in [5.41, 5.74) is 8.10. The highest BCUT2D eigenvalue weighted by Crippen LogP contribution is 2.36. The van der Waals surface area contributed by atoms with Crippen molar-refractivity contribution < 1.29 is 0 Å². The first kappa shape index (κ1) is 14.4. The van der Waals surface area contributed by atoms with Crippen molar-refractivity contribution in [3.05, 3.63) is 28.2 Å². The molecule has 1 aromatic carbocycles. The van der Waals surface area contributed by atoms with Crippen molar-refractivity contribution >= 4 is 27.5 Å². The minimum absolute atomic E-state index is 0.139. The predicted molar refractivity (Wildman–Crippen MR) is 85.0 cm³/mol. The Morgan fingerprint density at radius 1 is 1.42 bits per heavy atom. The van der Waals surface area contributed by atoms with E-state index in [1.807, 2.05) is 12.1 Å². The SMILES string of the molecule is CCC1(C)CCN(c2ccc(Br)cc2C(=N)N)CC1. The van der Waals surface area contributed by atoms with E-state index in [1.54, 1.807) is 0 Å². The van der Waals surface area contributed by atoms with Gasteiger partial charge in [-0.15, -0.1) is 0 Å². The summed E-state index contributed by atoms with van der Waals surface area (Å²) in [6.07, 6.45) is 3.65. The van der Waals surface area contributed by atoms with E-state index in [-0.39, 0.29) is 5.84 Å². The number of nitrogens with one attached hydrogen (secondary N) is 1. The van der Waals surface area contributed by atoms with E-state index in [4.69, 9.17) is 11.1 Å². The molecule has 4 heteroatoms. The summed E-state index contributed by atoms with van der Waals surface area (Å²) >= 11 is 3.45. The zero-order valence-corrected chi connectivity index (χ0v) is 13.3. The smallest absolute Gasteiger partial charge is 0.124 e. The van der Waals surface area contributed by atoms with Gasteiger partial charge in [0.15, 0.2) is 0 Å². The number of nitrogens with two attached hydrogens (primary N) is 1. The van der Waals surface area contributed by atoms with Gasteiger partial charge in [0.1, 0.15) is 5.84 Å². The number of amidine groups is 1. The summed E-state index contributed by atoms with van der Waals surface area (Å²) in [6, 6.07) is 6.02. The Balaban J connectivity index is 2.22. The number of nitrogen functional groups attached to an aromatic ring is 1. The van der Waals surface area contributed by atoms with Crippen LogP contribution in [0.2, 0.25) is 0 Å². The maximum atomic E-state index is 7.74. The highest BCUT2D eigenvalue weighted by atomic mass is 79.9. The molecule has 0 aliphatic carbocycles. The maximum Gasteiger partial charge on any atom is 0.124 e. The number of hydrogen-bond donors (Lipinski definition) is 2. The molecule has 1 saturated heterocycles. The molecule has 0 aromatic heterocycles. The molecule has 0 spiro atoms. The van der Waals surface area contributed by atoms with E-state index >= 15 is 0 Å². The van der Waals surface area contributed by atoms with Crippen molar-refractivity contribution in [2.45, 2.75) is 33.1 Å². The lowest BCUT2D eigenvalue weighted by atomic mass is 9.78. The monoisotopic (exact) mass is 323 g/mol. The van der Waals surface area contributed by atoms with Crippen LogP contribution < -0.4 is 10.6 Å². The lowest BCUT2D eigenvalue weighted by Gasteiger charge is -2.40. The van der Waals surface area contributed by atoms with Crippen molar-refractivity contribution in [2.75, 3.05) is 18.0 Å². The van der Waals surface area contributed by atoms with Gasteiger partial charge in [-0.25, -0.2) is 0 Å². The largest absolute Gasteiger partial charge is 0.384 e. The summed E-state index contributed by atoms with van der Waals surface area (Å²) in [7, 11) is 0. The lowest BCUT2D eigenvalue weighted by Crippen LogP contribution is -2.39. The first-order chi connectivity index (χ1) is 8.95. The summed E-state index contributed by atoms with van der Waals surface area (Å²) in [4.78, 5) is 2.36. The van der Waals surface area contributed by atoms with Crippen LogP contribution >= 0.6 is 15.9 Å². The van der Waals surface area contributed by atoms with Crippen molar-refractivity contribution in [2.24, 2.45) is 11.1 Å². The maximum absolute atomic E-state index is 7.74. The molecule has 0 amide bonds. The summed E-state index contributed by atoms with van der Waals surface area (Å²) in [6.45, 7) is 6.74. The van der Waals surface area contributed by atoms with Gasteiger partial charge >= 0.3 is 0 Å². The molecule has 2 rings (SSSR count). The first-order valence-corrected chi connectivity index (χ1v) is 7.63. The zero-order chi connectivity index (χ0) is 14.0. The van der Waals surface area contributed by atoms with Crippen LogP contribution in [0.3, 0.4) is 0 Å². The predicted octanol–water partition coefficient (Wildman–Crippen LogP) is 3.75. The fraction of sp³-hybridized carbons (Fsp3) is 0.533. The van der Waals surface area contributed by atoms with E-state index in [1.165, 1.54) is 19.3 Å². The van der Waals surface area contributed by atoms with Crippen molar-refractivity contribution in [3.63, 3.8) is 0 Å². The molecule has 0 saturated carbocycles. The Labute approximate surface area is 123 Å². The van der Waals surface area contributed by atoms with Crippen molar-refractivity contribution in [1.82, 2.24) is 0 Å². The Morgan fingerprint density at radius 2 is 2.05 bits per heavy atom. The molecular weight excluding hydrogens is 302 g/mol. The van der Waals surface area contributed by atoms with Gasteiger partial charge in [-0.05, 0) is 36.5 Å². The highest BCUT2D eigenvalue weighted by Gasteiger charge is 2.29. The average Bonchev–Trinajstić information content (AvgIpc) is 2.40. The Morgan fingerprint density at radius 3 is 2.58 bits per heavy atom. The van der Waals surface area contributed by atoms with Crippen molar-refractivity contribution in [3.8, 4) is 0 Å². The van der Waals surface area contributed by atoms with Crippen LogP contribution in [-0.4, -0.2) is 18.9 Å². The molecule has 0 unspecified atom stereocenters. The van der Waals surface area contributed by atoms with Crippen LogP contribution in [0, 0.1) is 10.8 Å². The summed E-state index contributed by atoms with van der Waals surface area (Å²) < 4.78 is 0.969. The van der Waals surface area contributed by atoms with Crippen LogP contribution in [0.5, 0.6) is 0 Å². The van der Waals surface area contributed by atoms with E-state index in [9.17, 15) is 0 Å². The third-order valence-corrected chi connectivity index (χ3v) is 4.91. The molecule has 3 nitrogen and oxygen atoms in total. The number of benzene rings is 1. The summed E-state index contributed by atoms with van der Waals surface area (Å²) in [5, 5.41) is 7.74. The molecule has 0 radical (unpaired) electrons. The van der Waals surface area contributed by atoms with E-state index in [0.717, 1.165) is 28.8 Å². The molecule has 0 bridgehead atoms. The van der Waals surface area contributed by atoms with E-state index in [2.05, 4.69) is 40.7 Å². The normalized spacial score (nSPS) is 18.4. The molecule has 1 aromatic rings. The van der Waals surface area contributed by atoms with Gasteiger partial charge < -0.3 is 10.6 Å². The van der Waals surface area contributed by atoms with E-state index < -0.39 is 0 Å². The molecule has 19 heavy (non-hydrogen) atoms. The van der Waals surface area contributed by atoms with Crippen molar-refractivity contribution in [1.29, 1.82) is 5.41 Å². The Hall–Kier alpha value is -1.03. The van der Waals surface area contributed by atoms with Gasteiger partial charge in [0, 0.05) is 28.8 Å². The Kier molecular flexibility index (Phi) is 4.19. The zero-order valence-electron chi connectivity index (χ0n) is 11.7. The van der Waals surface area contributed by atoms with Gasteiger partial charge in [0.05, 0.1) is 0 Å². The number of hydrogen-bond acceptors (Lipinski definition) is 2. The van der Waals surface area contributed by atoms with Crippen LogP contribution in [0.15, 0.2) is 22.7 Å². The molecule has 1 fully saturated rings. The highest BCUT2D eigenvalue weighted by molar-refractivity contribution is 9.10. The van der Waals surface area contributed by atoms with Gasteiger partial charge in [-0.1, -0.05) is 36.2 Å². The number of halogens is 1. The van der Waals surface area contributed by atoms with Gasteiger partial charge in [0.25, 0.3) is 0 Å². The minimum atomic E-state index is 0.139. The number of piperidine rings is 1. The van der Waals surface area contributed by atoms with Crippen LogP contribution in [0.25, 0.3) is 0 Å². The third kappa shape index (κ3) is 3.11.